The lowest BCUT2D eigenvalue weighted by atomic mass is 10.1. The number of methoxy groups -OCH3 is 1. The lowest BCUT2D eigenvalue weighted by Gasteiger charge is -2.18. The quantitative estimate of drug-likeness (QED) is 0.584. The van der Waals surface area contributed by atoms with Crippen LogP contribution in [0.5, 0.6) is 5.75 Å². The van der Waals surface area contributed by atoms with Gasteiger partial charge in [0, 0.05) is 11.9 Å². The van der Waals surface area contributed by atoms with Crippen molar-refractivity contribution in [1.29, 1.82) is 0 Å². The summed E-state index contributed by atoms with van der Waals surface area (Å²) in [6.45, 7) is 0.668. The predicted octanol–water partition coefficient (Wildman–Crippen LogP) is 3.41. The zero-order valence-corrected chi connectivity index (χ0v) is 18.1. The number of benzene rings is 1. The average molecular weight is 455 g/mol. The van der Waals surface area contributed by atoms with Crippen LogP contribution in [0.15, 0.2) is 54.0 Å². The molecule has 2 aliphatic heterocycles. The second-order valence-corrected chi connectivity index (χ2v) is 8.33. The number of thiophene rings is 1. The molecule has 0 aliphatic carbocycles. The zero-order valence-electron chi connectivity index (χ0n) is 17.3. The Morgan fingerprint density at radius 2 is 1.97 bits per heavy atom. The van der Waals surface area contributed by atoms with Crippen LogP contribution in [0.25, 0.3) is 10.6 Å². The monoisotopic (exact) mass is 454 g/mol. The molecule has 0 saturated carbocycles. The van der Waals surface area contributed by atoms with Gasteiger partial charge in [0.1, 0.15) is 18.0 Å². The first-order valence-electron chi connectivity index (χ1n) is 10.2. The first-order chi connectivity index (χ1) is 15.7. The van der Waals surface area contributed by atoms with Gasteiger partial charge < -0.3 is 24.3 Å². The highest BCUT2D eigenvalue weighted by molar-refractivity contribution is 7.13. The van der Waals surface area contributed by atoms with E-state index in [0.717, 1.165) is 10.6 Å². The molecule has 166 valence electrons. The van der Waals surface area contributed by atoms with Crippen molar-refractivity contribution in [3.8, 4) is 16.3 Å². The Balaban J connectivity index is 1.17. The summed E-state index contributed by atoms with van der Waals surface area (Å²) < 4.78 is 22.5. The van der Waals surface area contributed by atoms with Gasteiger partial charge in [-0.15, -0.1) is 11.3 Å². The fourth-order valence-corrected chi connectivity index (χ4v) is 4.50. The topological polar surface area (TPSA) is 104 Å². The molecule has 4 atom stereocenters. The predicted molar refractivity (Wildman–Crippen MR) is 119 cm³/mol. The van der Waals surface area contributed by atoms with E-state index in [1.54, 1.807) is 48.9 Å². The molecule has 0 spiro atoms. The van der Waals surface area contributed by atoms with E-state index >= 15 is 0 Å². The largest absolute Gasteiger partial charge is 0.497 e. The molecular weight excluding hydrogens is 432 g/mol. The fraction of sp³-hybridized carbons (Fsp3) is 0.318. The maximum absolute atomic E-state index is 12.3. The molecule has 4 heterocycles. The van der Waals surface area contributed by atoms with Crippen molar-refractivity contribution in [3.05, 3.63) is 54.0 Å². The third-order valence-electron chi connectivity index (χ3n) is 5.35. The van der Waals surface area contributed by atoms with Gasteiger partial charge in [0.05, 0.1) is 36.9 Å². The van der Waals surface area contributed by atoms with Crippen LogP contribution >= 0.6 is 11.3 Å². The van der Waals surface area contributed by atoms with Gasteiger partial charge >= 0.3 is 6.09 Å². The summed E-state index contributed by atoms with van der Waals surface area (Å²) in [4.78, 5) is 22.3. The van der Waals surface area contributed by atoms with E-state index in [4.69, 9.17) is 18.9 Å². The number of hydrogen-bond acceptors (Lipinski definition) is 9. The van der Waals surface area contributed by atoms with Gasteiger partial charge in [-0.3, -0.25) is 5.32 Å². The van der Waals surface area contributed by atoms with Gasteiger partial charge in [0.2, 0.25) is 5.95 Å². The minimum Gasteiger partial charge on any atom is -0.497 e. The molecule has 2 aromatic heterocycles. The van der Waals surface area contributed by atoms with Crippen molar-refractivity contribution in [3.63, 3.8) is 0 Å². The Hall–Kier alpha value is -3.21. The normalized spacial score (nSPS) is 24.0. The minimum atomic E-state index is -0.559. The Bertz CT molecular complexity index is 1060. The molecule has 2 fully saturated rings. The Morgan fingerprint density at radius 1 is 1.12 bits per heavy atom. The highest BCUT2D eigenvalue weighted by Crippen LogP contribution is 2.31. The second kappa shape index (κ2) is 9.11. The average Bonchev–Trinajstić information content (AvgIpc) is 3.55. The molecular formula is C22H22N4O5S. The number of rotatable bonds is 6. The lowest BCUT2D eigenvalue weighted by Crippen LogP contribution is -2.38. The standard InChI is InChI=1S/C22H22N4O5S/c1-28-14-6-4-13(5-7-14)24-22(27)31-17-12-30-19-16(11-29-20(17)19)26-21-23-9-8-15(25-21)18-3-2-10-32-18/h2-10,16-17,19-20H,11-12H2,1H3,(H,24,27)(H,23,25,26). The third-order valence-corrected chi connectivity index (χ3v) is 6.24. The Kier molecular flexibility index (Phi) is 5.89. The van der Waals surface area contributed by atoms with E-state index in [1.165, 1.54) is 0 Å². The summed E-state index contributed by atoms with van der Waals surface area (Å²) in [5.41, 5.74) is 1.47. The molecule has 2 aliphatic rings. The van der Waals surface area contributed by atoms with Crippen LogP contribution in [0.4, 0.5) is 16.4 Å². The van der Waals surface area contributed by atoms with Crippen LogP contribution in [-0.4, -0.2) is 60.7 Å². The number of nitrogens with zero attached hydrogens (tertiary/aromatic N) is 2. The molecule has 10 heteroatoms. The summed E-state index contributed by atoms with van der Waals surface area (Å²) in [6.07, 6.45) is 0.0556. The van der Waals surface area contributed by atoms with Gasteiger partial charge in [-0.25, -0.2) is 14.8 Å². The summed E-state index contributed by atoms with van der Waals surface area (Å²) in [7, 11) is 1.59. The molecule has 1 aromatic carbocycles. The first-order valence-corrected chi connectivity index (χ1v) is 11.1. The van der Waals surface area contributed by atoms with Crippen LogP contribution in [0, 0.1) is 0 Å². The van der Waals surface area contributed by atoms with Crippen molar-refractivity contribution in [1.82, 2.24) is 9.97 Å². The van der Waals surface area contributed by atoms with E-state index in [0.29, 0.717) is 24.0 Å². The Labute approximate surface area is 188 Å². The number of aromatic nitrogens is 2. The van der Waals surface area contributed by atoms with Gasteiger partial charge in [-0.1, -0.05) is 6.07 Å². The highest BCUT2D eigenvalue weighted by Gasteiger charge is 2.49. The van der Waals surface area contributed by atoms with Crippen LogP contribution in [0.1, 0.15) is 0 Å². The van der Waals surface area contributed by atoms with E-state index in [-0.39, 0.29) is 24.9 Å². The van der Waals surface area contributed by atoms with Crippen molar-refractivity contribution < 1.29 is 23.7 Å². The fourth-order valence-electron chi connectivity index (χ4n) is 3.80. The van der Waals surface area contributed by atoms with E-state index < -0.39 is 12.2 Å². The van der Waals surface area contributed by atoms with Crippen molar-refractivity contribution in [2.24, 2.45) is 0 Å². The first kappa shape index (κ1) is 20.7. The molecule has 32 heavy (non-hydrogen) atoms. The highest BCUT2D eigenvalue weighted by atomic mass is 32.1. The van der Waals surface area contributed by atoms with Gasteiger partial charge in [0.15, 0.2) is 6.10 Å². The molecule has 0 bridgehead atoms. The van der Waals surface area contributed by atoms with Gasteiger partial charge in [-0.05, 0) is 41.8 Å². The van der Waals surface area contributed by atoms with Gasteiger partial charge in [0.25, 0.3) is 0 Å². The number of carbonyl (C=O) groups excluding carboxylic acids is 1. The van der Waals surface area contributed by atoms with E-state index in [9.17, 15) is 4.79 Å². The number of amides is 1. The lowest BCUT2D eigenvalue weighted by molar-refractivity contribution is 0.00917. The SMILES string of the molecule is COc1ccc(NC(=O)OC2COC3C(Nc4nccc(-c5cccs5)n4)COC23)cc1. The summed E-state index contributed by atoms with van der Waals surface area (Å²) >= 11 is 1.62. The number of fused-ring (bicyclic) bond motifs is 1. The zero-order chi connectivity index (χ0) is 21.9. The molecule has 0 radical (unpaired) electrons. The Morgan fingerprint density at radius 3 is 2.75 bits per heavy atom. The number of hydrogen-bond donors (Lipinski definition) is 2. The van der Waals surface area contributed by atoms with Crippen LogP contribution in [0.3, 0.4) is 0 Å². The van der Waals surface area contributed by atoms with Crippen molar-refractivity contribution in [2.75, 3.05) is 31.0 Å². The second-order valence-electron chi connectivity index (χ2n) is 7.39. The molecule has 2 N–H and O–H groups in total. The molecule has 1 amide bonds. The number of ether oxygens (including phenoxy) is 4. The number of nitrogens with one attached hydrogen (secondary N) is 2. The van der Waals surface area contributed by atoms with E-state index in [1.807, 2.05) is 23.6 Å². The molecule has 2 saturated heterocycles. The summed E-state index contributed by atoms with van der Waals surface area (Å²) in [6, 6.07) is 12.7. The smallest absolute Gasteiger partial charge is 0.412 e. The van der Waals surface area contributed by atoms with Gasteiger partial charge in [-0.2, -0.15) is 0 Å². The van der Waals surface area contributed by atoms with Crippen molar-refractivity contribution in [2.45, 2.75) is 24.4 Å². The maximum atomic E-state index is 12.3. The van der Waals surface area contributed by atoms with Crippen LogP contribution in [-0.2, 0) is 14.2 Å². The minimum absolute atomic E-state index is 0.142. The number of anilines is 2. The summed E-state index contributed by atoms with van der Waals surface area (Å²) in [5, 5.41) is 8.02. The maximum Gasteiger partial charge on any atom is 0.412 e. The van der Waals surface area contributed by atoms with E-state index in [2.05, 4.69) is 20.6 Å². The molecule has 5 rings (SSSR count). The number of carbonyl (C=O) groups is 1. The molecule has 4 unspecified atom stereocenters. The summed E-state index contributed by atoms with van der Waals surface area (Å²) in [5.74, 6) is 1.22. The molecule has 3 aromatic rings. The van der Waals surface area contributed by atoms with Crippen LogP contribution < -0.4 is 15.4 Å². The third kappa shape index (κ3) is 4.38. The molecule has 9 nitrogen and oxygen atoms in total. The van der Waals surface area contributed by atoms with Crippen LogP contribution in [0.2, 0.25) is 0 Å². The van der Waals surface area contributed by atoms with Crippen molar-refractivity contribution >= 4 is 29.1 Å².